The second-order valence-electron chi connectivity index (χ2n) is 5.98. The number of sulfone groups is 1. The topological polar surface area (TPSA) is 79.8 Å². The minimum atomic E-state index is -2.93. The highest BCUT2D eigenvalue weighted by atomic mass is 127. The molecule has 25 heavy (non-hydrogen) atoms. The highest BCUT2D eigenvalue weighted by Crippen LogP contribution is 2.11. The molecule has 0 fully saturated rings. The first-order chi connectivity index (χ1) is 11.3. The number of ether oxygens (including phenoxy) is 1. The Kier molecular flexibility index (Phi) is 11.8. The molecule has 0 aliphatic rings. The van der Waals surface area contributed by atoms with Crippen molar-refractivity contribution < 1.29 is 13.2 Å². The third-order valence-electron chi connectivity index (χ3n) is 3.43. The van der Waals surface area contributed by atoms with E-state index < -0.39 is 9.84 Å². The Labute approximate surface area is 168 Å². The number of nitrogens with one attached hydrogen (secondary N) is 2. The molecule has 1 atom stereocenters. The highest BCUT2D eigenvalue weighted by Gasteiger charge is 2.09. The smallest absolute Gasteiger partial charge is 0.191 e. The van der Waals surface area contributed by atoms with Crippen molar-refractivity contribution in [3.05, 3.63) is 29.8 Å². The van der Waals surface area contributed by atoms with Crippen LogP contribution in [0.1, 0.15) is 25.3 Å². The van der Waals surface area contributed by atoms with Crippen LogP contribution < -0.4 is 15.4 Å². The molecule has 1 rings (SSSR count). The number of aryl methyl sites for hydroxylation is 1. The summed E-state index contributed by atoms with van der Waals surface area (Å²) in [5.41, 5.74) is 1.21. The number of nitrogens with zero attached hydrogens (tertiary/aromatic N) is 1. The van der Waals surface area contributed by atoms with E-state index in [2.05, 4.69) is 15.6 Å². The maximum absolute atomic E-state index is 11.2. The predicted molar refractivity (Wildman–Crippen MR) is 115 cm³/mol. The summed E-state index contributed by atoms with van der Waals surface area (Å²) in [4.78, 5) is 4.14. The maximum Gasteiger partial charge on any atom is 0.191 e. The fraction of sp³-hybridized carbons (Fsp3) is 0.588. The molecule has 0 saturated carbocycles. The summed E-state index contributed by atoms with van der Waals surface area (Å²) >= 11 is 0. The molecule has 0 aromatic heterocycles. The van der Waals surface area contributed by atoms with Gasteiger partial charge in [-0.1, -0.05) is 17.7 Å². The monoisotopic (exact) mass is 483 g/mol. The molecule has 0 spiro atoms. The average Bonchev–Trinajstić information content (AvgIpc) is 2.52. The Morgan fingerprint density at radius 2 is 1.92 bits per heavy atom. The Balaban J connectivity index is 0.00000576. The van der Waals surface area contributed by atoms with E-state index in [0.29, 0.717) is 19.0 Å². The van der Waals surface area contributed by atoms with E-state index in [9.17, 15) is 8.42 Å². The van der Waals surface area contributed by atoms with Crippen LogP contribution in [-0.4, -0.2) is 52.6 Å². The number of hydrogen-bond donors (Lipinski definition) is 2. The molecule has 0 aliphatic heterocycles. The fourth-order valence-corrected chi connectivity index (χ4v) is 2.78. The van der Waals surface area contributed by atoms with Gasteiger partial charge in [-0.05, 0) is 38.8 Å². The molecule has 1 aromatic rings. The van der Waals surface area contributed by atoms with Crippen molar-refractivity contribution in [2.75, 3.05) is 32.2 Å². The van der Waals surface area contributed by atoms with Gasteiger partial charge in [-0.15, -0.1) is 24.0 Å². The second kappa shape index (κ2) is 12.3. The zero-order chi connectivity index (χ0) is 18.0. The minimum Gasteiger partial charge on any atom is -0.494 e. The van der Waals surface area contributed by atoms with Gasteiger partial charge in [0.05, 0.1) is 12.4 Å². The largest absolute Gasteiger partial charge is 0.494 e. The molecule has 0 aliphatic carbocycles. The zero-order valence-electron chi connectivity index (χ0n) is 15.4. The van der Waals surface area contributed by atoms with Crippen LogP contribution in [0, 0.1) is 6.92 Å². The molecule has 6 nitrogen and oxygen atoms in total. The number of guanidine groups is 1. The molecule has 0 amide bonds. The number of hydrogen-bond acceptors (Lipinski definition) is 4. The Morgan fingerprint density at radius 3 is 2.48 bits per heavy atom. The minimum absolute atomic E-state index is 0. The highest BCUT2D eigenvalue weighted by molar-refractivity contribution is 14.0. The van der Waals surface area contributed by atoms with E-state index in [1.165, 1.54) is 11.8 Å². The average molecular weight is 483 g/mol. The molecule has 1 unspecified atom stereocenters. The van der Waals surface area contributed by atoms with Gasteiger partial charge < -0.3 is 15.4 Å². The van der Waals surface area contributed by atoms with Gasteiger partial charge in [0, 0.05) is 25.9 Å². The summed E-state index contributed by atoms with van der Waals surface area (Å²) in [6, 6.07) is 8.02. The third-order valence-corrected chi connectivity index (χ3v) is 4.41. The van der Waals surface area contributed by atoms with Crippen LogP contribution in [0.2, 0.25) is 0 Å². The van der Waals surface area contributed by atoms with Crippen molar-refractivity contribution in [1.82, 2.24) is 10.6 Å². The van der Waals surface area contributed by atoms with Gasteiger partial charge in [0.15, 0.2) is 5.96 Å². The van der Waals surface area contributed by atoms with E-state index in [1.807, 2.05) is 38.1 Å². The third kappa shape index (κ3) is 12.0. The maximum atomic E-state index is 11.2. The predicted octanol–water partition coefficient (Wildman–Crippen LogP) is 2.37. The molecular weight excluding hydrogens is 453 g/mol. The van der Waals surface area contributed by atoms with E-state index in [0.717, 1.165) is 18.7 Å². The van der Waals surface area contributed by atoms with Crippen molar-refractivity contribution in [1.29, 1.82) is 0 Å². The Bertz CT molecular complexity index is 619. The molecule has 0 heterocycles. The van der Waals surface area contributed by atoms with E-state index in [1.54, 1.807) is 7.05 Å². The van der Waals surface area contributed by atoms with Gasteiger partial charge in [0.25, 0.3) is 0 Å². The fourth-order valence-electron chi connectivity index (χ4n) is 1.99. The van der Waals surface area contributed by atoms with Gasteiger partial charge in [0.2, 0.25) is 0 Å². The number of aliphatic imine (C=N–C) groups is 1. The summed E-state index contributed by atoms with van der Waals surface area (Å²) in [6.07, 6.45) is 2.64. The second-order valence-corrected chi connectivity index (χ2v) is 8.24. The molecule has 144 valence electrons. The lowest BCUT2D eigenvalue weighted by molar-refractivity contribution is 0.311. The first kappa shape index (κ1) is 24.0. The summed E-state index contributed by atoms with van der Waals surface area (Å²) in [7, 11) is -1.24. The van der Waals surface area contributed by atoms with Gasteiger partial charge >= 0.3 is 0 Å². The summed E-state index contributed by atoms with van der Waals surface area (Å²) in [5, 5.41) is 6.39. The summed E-state index contributed by atoms with van der Waals surface area (Å²) in [5.74, 6) is 1.71. The molecule has 0 radical (unpaired) electrons. The molecule has 2 N–H and O–H groups in total. The standard InChI is InChI=1S/C17H29N3O3S.HI/c1-14-6-8-16(9-7-14)23-12-5-11-19-17(18-3)20-15(2)10-13-24(4,21)22;/h6-9,15H,5,10-13H2,1-4H3,(H2,18,19,20);1H. The van der Waals surface area contributed by atoms with Gasteiger partial charge in [-0.2, -0.15) is 0 Å². The van der Waals surface area contributed by atoms with Crippen LogP contribution in [0.25, 0.3) is 0 Å². The van der Waals surface area contributed by atoms with Crippen molar-refractivity contribution in [2.45, 2.75) is 32.7 Å². The molecular formula is C17H30IN3O3S. The quantitative estimate of drug-likeness (QED) is 0.244. The van der Waals surface area contributed by atoms with E-state index >= 15 is 0 Å². The summed E-state index contributed by atoms with van der Waals surface area (Å²) in [6.45, 7) is 5.34. The number of halogens is 1. The van der Waals surface area contributed by atoms with Crippen LogP contribution >= 0.6 is 24.0 Å². The first-order valence-corrected chi connectivity index (χ1v) is 10.2. The lowest BCUT2D eigenvalue weighted by Gasteiger charge is -2.17. The van der Waals surface area contributed by atoms with Crippen molar-refractivity contribution in [3.8, 4) is 5.75 Å². The lowest BCUT2D eigenvalue weighted by Crippen LogP contribution is -2.43. The molecule has 0 bridgehead atoms. The summed E-state index contributed by atoms with van der Waals surface area (Å²) < 4.78 is 28.0. The number of benzene rings is 1. The normalized spacial score (nSPS) is 12.9. The van der Waals surface area contributed by atoms with E-state index in [4.69, 9.17) is 4.74 Å². The van der Waals surface area contributed by atoms with Gasteiger partial charge in [0.1, 0.15) is 15.6 Å². The van der Waals surface area contributed by atoms with Gasteiger partial charge in [-0.3, -0.25) is 4.99 Å². The lowest BCUT2D eigenvalue weighted by atomic mass is 10.2. The van der Waals surface area contributed by atoms with Crippen molar-refractivity contribution in [3.63, 3.8) is 0 Å². The van der Waals surface area contributed by atoms with E-state index in [-0.39, 0.29) is 35.8 Å². The molecule has 8 heteroatoms. The van der Waals surface area contributed by atoms with Crippen molar-refractivity contribution >= 4 is 39.8 Å². The zero-order valence-corrected chi connectivity index (χ0v) is 18.6. The first-order valence-electron chi connectivity index (χ1n) is 8.14. The van der Waals surface area contributed by atoms with Crippen LogP contribution in [0.4, 0.5) is 0 Å². The SMILES string of the molecule is CN=C(NCCCOc1ccc(C)cc1)NC(C)CCS(C)(=O)=O.I. The molecule has 0 saturated heterocycles. The van der Waals surface area contributed by atoms with Crippen LogP contribution in [-0.2, 0) is 9.84 Å². The van der Waals surface area contributed by atoms with Crippen LogP contribution in [0.3, 0.4) is 0 Å². The number of rotatable bonds is 9. The Hall–Kier alpha value is -1.03. The Morgan fingerprint density at radius 1 is 1.28 bits per heavy atom. The van der Waals surface area contributed by atoms with Crippen molar-refractivity contribution in [2.24, 2.45) is 4.99 Å². The molecule has 1 aromatic carbocycles. The van der Waals surface area contributed by atoms with Gasteiger partial charge in [-0.25, -0.2) is 8.42 Å². The van der Waals surface area contributed by atoms with Crippen LogP contribution in [0.15, 0.2) is 29.3 Å². The van der Waals surface area contributed by atoms with Crippen LogP contribution in [0.5, 0.6) is 5.75 Å².